The minimum absolute atomic E-state index is 1.25. The van der Waals surface area contributed by atoms with E-state index in [1.165, 1.54) is 49.4 Å². The Morgan fingerprint density at radius 1 is 0.444 bits per heavy atom. The van der Waals surface area contributed by atoms with E-state index in [1.54, 1.807) is 0 Å². The summed E-state index contributed by atoms with van der Waals surface area (Å²) >= 11 is 0. The highest BCUT2D eigenvalue weighted by atomic mass is 14.1. The first-order valence-corrected chi connectivity index (χ1v) is 9.37. The van der Waals surface area contributed by atoms with Gasteiger partial charge in [-0.05, 0) is 56.8 Å². The standard InChI is InChI=1S/C27H20/c1-19-10-12-20(13-11-19)21-14-16-22(17-15-21)27-25-8-4-2-6-23(25)18-24-7-3-5-9-26(24)27/h2-18H,1H3. The number of benzene rings is 5. The van der Waals surface area contributed by atoms with E-state index in [0.29, 0.717) is 0 Å². The molecule has 0 heteroatoms. The smallest absolute Gasteiger partial charge is 0.00268 e. The fourth-order valence-corrected chi connectivity index (χ4v) is 3.90. The molecule has 0 saturated heterocycles. The lowest BCUT2D eigenvalue weighted by atomic mass is 9.91. The largest absolute Gasteiger partial charge is 0.0616 e. The monoisotopic (exact) mass is 344 g/mol. The Morgan fingerprint density at radius 2 is 0.889 bits per heavy atom. The molecule has 5 rings (SSSR count). The second-order valence-corrected chi connectivity index (χ2v) is 7.14. The molecule has 0 saturated carbocycles. The average Bonchev–Trinajstić information content (AvgIpc) is 2.73. The van der Waals surface area contributed by atoms with Crippen LogP contribution in [-0.2, 0) is 0 Å². The summed E-state index contributed by atoms with van der Waals surface area (Å²) in [4.78, 5) is 0. The average molecular weight is 344 g/mol. The van der Waals surface area contributed by atoms with Gasteiger partial charge in [-0.3, -0.25) is 0 Å². The molecule has 128 valence electrons. The van der Waals surface area contributed by atoms with E-state index in [2.05, 4.69) is 110 Å². The Hall–Kier alpha value is -3.38. The zero-order valence-electron chi connectivity index (χ0n) is 15.3. The zero-order chi connectivity index (χ0) is 18.2. The quantitative estimate of drug-likeness (QED) is 0.289. The van der Waals surface area contributed by atoms with Crippen LogP contribution in [-0.4, -0.2) is 0 Å². The van der Waals surface area contributed by atoms with E-state index in [0.717, 1.165) is 0 Å². The Kier molecular flexibility index (Phi) is 3.76. The van der Waals surface area contributed by atoms with Crippen LogP contribution in [0, 0.1) is 6.92 Å². The number of hydrogen-bond donors (Lipinski definition) is 0. The van der Waals surface area contributed by atoms with Crippen LogP contribution < -0.4 is 0 Å². The molecule has 0 spiro atoms. The molecule has 0 fully saturated rings. The summed E-state index contributed by atoms with van der Waals surface area (Å²) in [6.45, 7) is 2.12. The van der Waals surface area contributed by atoms with Crippen LogP contribution in [0.15, 0.2) is 103 Å². The fraction of sp³-hybridized carbons (Fsp3) is 0.0370. The molecule has 0 aliphatic carbocycles. The molecule has 0 unspecified atom stereocenters. The molecule has 0 aliphatic heterocycles. The Bertz CT molecular complexity index is 1190. The maximum absolute atomic E-state index is 2.29. The molecular formula is C27H20. The topological polar surface area (TPSA) is 0 Å². The van der Waals surface area contributed by atoms with Gasteiger partial charge < -0.3 is 0 Å². The normalized spacial score (nSPS) is 11.1. The van der Waals surface area contributed by atoms with E-state index >= 15 is 0 Å². The van der Waals surface area contributed by atoms with Crippen molar-refractivity contribution in [1.82, 2.24) is 0 Å². The van der Waals surface area contributed by atoms with Crippen LogP contribution in [0.4, 0.5) is 0 Å². The molecule has 0 radical (unpaired) electrons. The van der Waals surface area contributed by atoms with Crippen molar-refractivity contribution >= 4 is 21.5 Å². The molecule has 0 heterocycles. The summed E-state index contributed by atoms with van der Waals surface area (Å²) in [5.41, 5.74) is 6.38. The number of aryl methyl sites for hydroxylation is 1. The first-order chi connectivity index (χ1) is 13.3. The molecular weight excluding hydrogens is 324 g/mol. The summed E-state index contributed by atoms with van der Waals surface area (Å²) in [7, 11) is 0. The molecule has 0 amide bonds. The van der Waals surface area contributed by atoms with Crippen molar-refractivity contribution in [2.45, 2.75) is 6.92 Å². The van der Waals surface area contributed by atoms with E-state index in [-0.39, 0.29) is 0 Å². The summed E-state index contributed by atoms with van der Waals surface area (Å²) in [6.07, 6.45) is 0. The molecule has 5 aromatic carbocycles. The Labute approximate surface area is 159 Å². The van der Waals surface area contributed by atoms with Crippen molar-refractivity contribution in [2.75, 3.05) is 0 Å². The van der Waals surface area contributed by atoms with Gasteiger partial charge in [0.1, 0.15) is 0 Å². The summed E-state index contributed by atoms with van der Waals surface area (Å²) in [6, 6.07) is 37.3. The molecule has 0 atom stereocenters. The molecule has 0 nitrogen and oxygen atoms in total. The van der Waals surface area contributed by atoms with E-state index in [1.807, 2.05) is 0 Å². The zero-order valence-corrected chi connectivity index (χ0v) is 15.3. The first-order valence-electron chi connectivity index (χ1n) is 9.37. The lowest BCUT2D eigenvalue weighted by Crippen LogP contribution is -1.86. The predicted molar refractivity (Wildman–Crippen MR) is 117 cm³/mol. The van der Waals surface area contributed by atoms with E-state index < -0.39 is 0 Å². The van der Waals surface area contributed by atoms with Crippen LogP contribution >= 0.6 is 0 Å². The molecule has 5 aromatic rings. The van der Waals surface area contributed by atoms with Gasteiger partial charge in [0.05, 0.1) is 0 Å². The summed E-state index contributed by atoms with van der Waals surface area (Å²) in [5, 5.41) is 5.18. The van der Waals surface area contributed by atoms with Gasteiger partial charge in [0, 0.05) is 0 Å². The van der Waals surface area contributed by atoms with Gasteiger partial charge in [-0.15, -0.1) is 0 Å². The van der Waals surface area contributed by atoms with Gasteiger partial charge in [-0.1, -0.05) is 103 Å². The highest BCUT2D eigenvalue weighted by Crippen LogP contribution is 2.37. The van der Waals surface area contributed by atoms with Gasteiger partial charge in [0.25, 0.3) is 0 Å². The SMILES string of the molecule is Cc1ccc(-c2ccc(-c3c4ccccc4cc4ccccc34)cc2)cc1. The van der Waals surface area contributed by atoms with Crippen LogP contribution in [0.25, 0.3) is 43.8 Å². The van der Waals surface area contributed by atoms with Crippen LogP contribution in [0.2, 0.25) is 0 Å². The van der Waals surface area contributed by atoms with Crippen molar-refractivity contribution in [1.29, 1.82) is 0 Å². The molecule has 0 bridgehead atoms. The maximum Gasteiger partial charge on any atom is -0.00268 e. The van der Waals surface area contributed by atoms with E-state index in [4.69, 9.17) is 0 Å². The first kappa shape index (κ1) is 15.8. The third kappa shape index (κ3) is 2.80. The minimum atomic E-state index is 1.25. The third-order valence-corrected chi connectivity index (χ3v) is 5.33. The fourth-order valence-electron chi connectivity index (χ4n) is 3.90. The van der Waals surface area contributed by atoms with Gasteiger partial charge in [0.2, 0.25) is 0 Å². The molecule has 0 aromatic heterocycles. The summed E-state index contributed by atoms with van der Waals surface area (Å²) in [5.74, 6) is 0. The minimum Gasteiger partial charge on any atom is -0.0616 e. The van der Waals surface area contributed by atoms with Crippen LogP contribution in [0.1, 0.15) is 5.56 Å². The Morgan fingerprint density at radius 3 is 1.44 bits per heavy atom. The van der Waals surface area contributed by atoms with Gasteiger partial charge in [0.15, 0.2) is 0 Å². The number of fused-ring (bicyclic) bond motifs is 2. The second-order valence-electron chi connectivity index (χ2n) is 7.14. The predicted octanol–water partition coefficient (Wildman–Crippen LogP) is 7.64. The van der Waals surface area contributed by atoms with Crippen molar-refractivity contribution in [3.8, 4) is 22.3 Å². The van der Waals surface area contributed by atoms with Gasteiger partial charge >= 0.3 is 0 Å². The van der Waals surface area contributed by atoms with Crippen LogP contribution in [0.5, 0.6) is 0 Å². The van der Waals surface area contributed by atoms with Crippen molar-refractivity contribution < 1.29 is 0 Å². The highest BCUT2D eigenvalue weighted by molar-refractivity contribution is 6.12. The van der Waals surface area contributed by atoms with E-state index in [9.17, 15) is 0 Å². The van der Waals surface area contributed by atoms with Crippen molar-refractivity contribution in [3.05, 3.63) is 109 Å². The maximum atomic E-state index is 2.29. The van der Waals surface area contributed by atoms with Crippen molar-refractivity contribution in [3.63, 3.8) is 0 Å². The van der Waals surface area contributed by atoms with Crippen LogP contribution in [0.3, 0.4) is 0 Å². The lowest BCUT2D eigenvalue weighted by Gasteiger charge is -2.13. The molecule has 0 aliphatic rings. The lowest BCUT2D eigenvalue weighted by molar-refractivity contribution is 1.47. The number of hydrogen-bond acceptors (Lipinski definition) is 0. The second kappa shape index (κ2) is 6.41. The Balaban J connectivity index is 1.71. The van der Waals surface area contributed by atoms with Gasteiger partial charge in [-0.25, -0.2) is 0 Å². The summed E-state index contributed by atoms with van der Waals surface area (Å²) < 4.78 is 0. The molecule has 0 N–H and O–H groups in total. The van der Waals surface area contributed by atoms with Gasteiger partial charge in [-0.2, -0.15) is 0 Å². The number of rotatable bonds is 2. The molecule has 27 heavy (non-hydrogen) atoms. The third-order valence-electron chi connectivity index (χ3n) is 5.33. The highest BCUT2D eigenvalue weighted by Gasteiger charge is 2.09. The van der Waals surface area contributed by atoms with Crippen molar-refractivity contribution in [2.24, 2.45) is 0 Å².